The maximum absolute atomic E-state index is 10.7. The first-order chi connectivity index (χ1) is 6.66. The standard InChI is InChI=1S/C10H13NO3/c1-6-4-8(5-11-7-2-3-7)14-9(6)10(12)13/h4,7,11H,2-3,5H2,1H3,(H,12,13). The maximum Gasteiger partial charge on any atom is 0.372 e. The summed E-state index contributed by atoms with van der Waals surface area (Å²) in [6, 6.07) is 2.38. The van der Waals surface area contributed by atoms with E-state index in [9.17, 15) is 4.79 Å². The molecule has 1 heterocycles. The highest BCUT2D eigenvalue weighted by Gasteiger charge is 2.21. The number of hydrogen-bond donors (Lipinski definition) is 2. The van der Waals surface area contributed by atoms with E-state index in [1.165, 1.54) is 12.8 Å². The van der Waals surface area contributed by atoms with Gasteiger partial charge in [0.15, 0.2) is 0 Å². The number of aryl methyl sites for hydroxylation is 1. The Balaban J connectivity index is 2.02. The average Bonchev–Trinajstić information content (AvgIpc) is 2.86. The van der Waals surface area contributed by atoms with Gasteiger partial charge in [-0.15, -0.1) is 0 Å². The summed E-state index contributed by atoms with van der Waals surface area (Å²) in [7, 11) is 0. The topological polar surface area (TPSA) is 62.5 Å². The Morgan fingerprint density at radius 3 is 2.93 bits per heavy atom. The number of nitrogens with one attached hydrogen (secondary N) is 1. The number of hydrogen-bond acceptors (Lipinski definition) is 3. The largest absolute Gasteiger partial charge is 0.475 e. The second-order valence-corrected chi connectivity index (χ2v) is 3.69. The maximum atomic E-state index is 10.7. The van der Waals surface area contributed by atoms with Crippen molar-refractivity contribution in [2.75, 3.05) is 0 Å². The van der Waals surface area contributed by atoms with Crippen molar-refractivity contribution in [3.8, 4) is 0 Å². The second-order valence-electron chi connectivity index (χ2n) is 3.69. The van der Waals surface area contributed by atoms with E-state index in [0.717, 1.165) is 0 Å². The molecule has 0 saturated heterocycles. The van der Waals surface area contributed by atoms with E-state index in [0.29, 0.717) is 23.9 Å². The molecule has 1 saturated carbocycles. The van der Waals surface area contributed by atoms with Crippen LogP contribution in [0.3, 0.4) is 0 Å². The minimum atomic E-state index is -1.000. The highest BCUT2D eigenvalue weighted by Crippen LogP contribution is 2.20. The van der Waals surface area contributed by atoms with Crippen LogP contribution in [0.1, 0.15) is 34.7 Å². The third kappa shape index (κ3) is 1.96. The van der Waals surface area contributed by atoms with E-state index in [2.05, 4.69) is 5.32 Å². The fourth-order valence-corrected chi connectivity index (χ4v) is 1.38. The van der Waals surface area contributed by atoms with E-state index < -0.39 is 5.97 Å². The molecular weight excluding hydrogens is 182 g/mol. The Labute approximate surface area is 81.9 Å². The molecule has 1 aromatic heterocycles. The molecule has 0 bridgehead atoms. The molecule has 0 radical (unpaired) electrons. The average molecular weight is 195 g/mol. The highest BCUT2D eigenvalue weighted by molar-refractivity contribution is 5.86. The van der Waals surface area contributed by atoms with Crippen LogP contribution in [-0.4, -0.2) is 17.1 Å². The van der Waals surface area contributed by atoms with Gasteiger partial charge in [-0.25, -0.2) is 4.79 Å². The molecular formula is C10H13NO3. The molecule has 4 heteroatoms. The van der Waals surface area contributed by atoms with Crippen molar-refractivity contribution < 1.29 is 14.3 Å². The molecule has 76 valence electrons. The summed E-state index contributed by atoms with van der Waals surface area (Å²) in [5.74, 6) is -0.246. The van der Waals surface area contributed by atoms with Gasteiger partial charge < -0.3 is 14.8 Å². The normalized spacial score (nSPS) is 15.8. The number of carboxylic acids is 1. The molecule has 0 amide bonds. The molecule has 0 aliphatic heterocycles. The summed E-state index contributed by atoms with van der Waals surface area (Å²) in [6.07, 6.45) is 2.43. The fraction of sp³-hybridized carbons (Fsp3) is 0.500. The van der Waals surface area contributed by atoms with Gasteiger partial charge in [0.2, 0.25) is 5.76 Å². The minimum absolute atomic E-state index is 0.0533. The first kappa shape index (κ1) is 9.27. The quantitative estimate of drug-likeness (QED) is 0.765. The third-order valence-corrected chi connectivity index (χ3v) is 2.31. The van der Waals surface area contributed by atoms with Gasteiger partial charge in [0.25, 0.3) is 0 Å². The lowest BCUT2D eigenvalue weighted by molar-refractivity contribution is 0.0659. The number of furan rings is 1. The molecule has 1 aliphatic rings. The van der Waals surface area contributed by atoms with Gasteiger partial charge in [-0.1, -0.05) is 0 Å². The highest BCUT2D eigenvalue weighted by atomic mass is 16.4. The third-order valence-electron chi connectivity index (χ3n) is 2.31. The Morgan fingerprint density at radius 2 is 2.43 bits per heavy atom. The Kier molecular flexibility index (Phi) is 2.29. The van der Waals surface area contributed by atoms with Crippen LogP contribution in [0.5, 0.6) is 0 Å². The summed E-state index contributed by atoms with van der Waals surface area (Å²) in [5.41, 5.74) is 0.685. The van der Waals surface area contributed by atoms with Crippen molar-refractivity contribution in [2.24, 2.45) is 0 Å². The van der Waals surface area contributed by atoms with Gasteiger partial charge in [0, 0.05) is 11.6 Å². The van der Waals surface area contributed by atoms with Crippen LogP contribution < -0.4 is 5.32 Å². The van der Waals surface area contributed by atoms with Gasteiger partial charge in [-0.3, -0.25) is 0 Å². The molecule has 1 fully saturated rings. The number of carbonyl (C=O) groups is 1. The number of rotatable bonds is 4. The molecule has 2 rings (SSSR count). The van der Waals surface area contributed by atoms with E-state index in [-0.39, 0.29) is 5.76 Å². The Hall–Kier alpha value is -1.29. The van der Waals surface area contributed by atoms with E-state index in [4.69, 9.17) is 9.52 Å². The van der Waals surface area contributed by atoms with Crippen LogP contribution in [0.15, 0.2) is 10.5 Å². The van der Waals surface area contributed by atoms with Crippen LogP contribution in [0.2, 0.25) is 0 Å². The Morgan fingerprint density at radius 1 is 1.71 bits per heavy atom. The van der Waals surface area contributed by atoms with Crippen LogP contribution in [-0.2, 0) is 6.54 Å². The predicted molar refractivity (Wildman–Crippen MR) is 50.3 cm³/mol. The number of aromatic carboxylic acids is 1. The van der Waals surface area contributed by atoms with Gasteiger partial charge in [0.1, 0.15) is 5.76 Å². The van der Waals surface area contributed by atoms with Crippen molar-refractivity contribution in [1.82, 2.24) is 5.32 Å². The molecule has 0 unspecified atom stereocenters. The van der Waals surface area contributed by atoms with Crippen LogP contribution in [0.25, 0.3) is 0 Å². The van der Waals surface area contributed by atoms with Gasteiger partial charge in [-0.2, -0.15) is 0 Å². The molecule has 1 aromatic rings. The summed E-state index contributed by atoms with van der Waals surface area (Å²) < 4.78 is 5.19. The lowest BCUT2D eigenvalue weighted by atomic mass is 10.2. The zero-order valence-electron chi connectivity index (χ0n) is 8.04. The summed E-state index contributed by atoms with van der Waals surface area (Å²) >= 11 is 0. The molecule has 1 aliphatic carbocycles. The first-order valence-corrected chi connectivity index (χ1v) is 4.73. The summed E-state index contributed by atoms with van der Waals surface area (Å²) in [6.45, 7) is 2.37. The van der Waals surface area contributed by atoms with Crippen LogP contribution >= 0.6 is 0 Å². The first-order valence-electron chi connectivity index (χ1n) is 4.73. The van der Waals surface area contributed by atoms with Crippen LogP contribution in [0.4, 0.5) is 0 Å². The second kappa shape index (κ2) is 3.46. The van der Waals surface area contributed by atoms with Gasteiger partial charge >= 0.3 is 5.97 Å². The molecule has 4 nitrogen and oxygen atoms in total. The van der Waals surface area contributed by atoms with Crippen molar-refractivity contribution in [1.29, 1.82) is 0 Å². The Bertz CT molecular complexity index is 352. The van der Waals surface area contributed by atoms with E-state index in [1.54, 1.807) is 13.0 Å². The lowest BCUT2D eigenvalue weighted by Crippen LogP contribution is -2.14. The molecule has 0 atom stereocenters. The predicted octanol–water partition coefficient (Wildman–Crippen LogP) is 1.54. The molecule has 0 aromatic carbocycles. The van der Waals surface area contributed by atoms with Gasteiger partial charge in [0.05, 0.1) is 6.54 Å². The smallest absolute Gasteiger partial charge is 0.372 e. The summed E-state index contributed by atoms with van der Waals surface area (Å²) in [4.78, 5) is 10.7. The zero-order chi connectivity index (χ0) is 10.1. The molecule has 14 heavy (non-hydrogen) atoms. The van der Waals surface area contributed by atoms with Crippen LogP contribution in [0, 0.1) is 6.92 Å². The van der Waals surface area contributed by atoms with Crippen molar-refractivity contribution >= 4 is 5.97 Å². The summed E-state index contributed by atoms with van der Waals surface area (Å²) in [5, 5.41) is 12.0. The molecule has 0 spiro atoms. The zero-order valence-corrected chi connectivity index (χ0v) is 8.04. The van der Waals surface area contributed by atoms with Crippen molar-refractivity contribution in [2.45, 2.75) is 32.4 Å². The number of carboxylic acid groups (broad SMARTS) is 1. The van der Waals surface area contributed by atoms with Gasteiger partial charge in [-0.05, 0) is 25.8 Å². The van der Waals surface area contributed by atoms with E-state index >= 15 is 0 Å². The molecule has 2 N–H and O–H groups in total. The van der Waals surface area contributed by atoms with Crippen molar-refractivity contribution in [3.63, 3.8) is 0 Å². The lowest BCUT2D eigenvalue weighted by Gasteiger charge is -1.97. The van der Waals surface area contributed by atoms with Crippen molar-refractivity contribution in [3.05, 3.63) is 23.2 Å². The van der Waals surface area contributed by atoms with E-state index in [1.807, 2.05) is 0 Å². The SMILES string of the molecule is Cc1cc(CNC2CC2)oc1C(=O)O. The minimum Gasteiger partial charge on any atom is -0.475 e. The monoisotopic (exact) mass is 195 g/mol. The fourth-order valence-electron chi connectivity index (χ4n) is 1.38.